The highest BCUT2D eigenvalue weighted by atomic mass is 32.2. The van der Waals surface area contributed by atoms with E-state index in [1.807, 2.05) is 0 Å². The van der Waals surface area contributed by atoms with Crippen LogP contribution in [0.25, 0.3) is 0 Å². The number of benzene rings is 1. The number of hydrogen-bond acceptors (Lipinski definition) is 5. The molecule has 0 spiro atoms. The van der Waals surface area contributed by atoms with Gasteiger partial charge >= 0.3 is 0 Å². The lowest BCUT2D eigenvalue weighted by Crippen LogP contribution is -2.52. The summed E-state index contributed by atoms with van der Waals surface area (Å²) in [5.41, 5.74) is 0. The summed E-state index contributed by atoms with van der Waals surface area (Å²) >= 11 is 0. The van der Waals surface area contributed by atoms with E-state index in [2.05, 4.69) is 10.0 Å². The molecular weight excluding hydrogens is 409 g/mol. The standard InChI is InChI=1S/C17H24FN3O5S2/c1-27(23,24)21-14-5-6-15(21)11-13(10-14)20-17(22)7-8-19-28(25,26)16-4-2-3-12(18)9-16/h2-4,9,13-15,19H,5-8,10-11H2,1H3,(H,20,22). The van der Waals surface area contributed by atoms with Crippen LogP contribution in [0.5, 0.6) is 0 Å². The Bertz CT molecular complexity index is 937. The number of rotatable bonds is 7. The third kappa shape index (κ3) is 4.88. The summed E-state index contributed by atoms with van der Waals surface area (Å²) < 4.78 is 65.0. The number of hydrogen-bond donors (Lipinski definition) is 2. The highest BCUT2D eigenvalue weighted by Gasteiger charge is 2.45. The number of nitrogens with one attached hydrogen (secondary N) is 2. The molecule has 2 aliphatic heterocycles. The van der Waals surface area contributed by atoms with Crippen LogP contribution in [0.4, 0.5) is 4.39 Å². The van der Waals surface area contributed by atoms with Crippen molar-refractivity contribution in [2.45, 2.75) is 55.1 Å². The van der Waals surface area contributed by atoms with Crippen molar-refractivity contribution < 1.29 is 26.0 Å². The second-order valence-corrected chi connectivity index (χ2v) is 11.0. The minimum absolute atomic E-state index is 0.0594. The van der Waals surface area contributed by atoms with Gasteiger partial charge in [-0.3, -0.25) is 4.79 Å². The first kappa shape index (κ1) is 21.2. The third-order valence-corrected chi connectivity index (χ3v) is 7.99. The molecule has 8 nitrogen and oxygen atoms in total. The van der Waals surface area contributed by atoms with Crippen LogP contribution in [0.1, 0.15) is 32.1 Å². The summed E-state index contributed by atoms with van der Waals surface area (Å²) in [5, 5.41) is 2.87. The van der Waals surface area contributed by atoms with Gasteiger partial charge in [0, 0.05) is 31.1 Å². The summed E-state index contributed by atoms with van der Waals surface area (Å²) in [7, 11) is -7.14. The average molecular weight is 434 g/mol. The molecule has 2 bridgehead atoms. The highest BCUT2D eigenvalue weighted by molar-refractivity contribution is 7.89. The van der Waals surface area contributed by atoms with E-state index in [-0.39, 0.29) is 41.9 Å². The first-order valence-corrected chi connectivity index (χ1v) is 12.4. The summed E-state index contributed by atoms with van der Waals surface area (Å²) in [5.74, 6) is -0.963. The van der Waals surface area contributed by atoms with Crippen molar-refractivity contribution in [2.75, 3.05) is 12.8 Å². The molecule has 0 saturated carbocycles. The van der Waals surface area contributed by atoms with Crippen molar-refractivity contribution in [1.82, 2.24) is 14.3 Å². The number of fused-ring (bicyclic) bond motifs is 2. The number of carbonyl (C=O) groups is 1. The SMILES string of the molecule is CS(=O)(=O)N1C2CCC1CC(NC(=O)CCNS(=O)(=O)c1cccc(F)c1)C2. The van der Waals surface area contributed by atoms with Crippen LogP contribution < -0.4 is 10.0 Å². The molecule has 156 valence electrons. The Morgan fingerprint density at radius 3 is 2.39 bits per heavy atom. The van der Waals surface area contributed by atoms with Crippen LogP contribution in [0.2, 0.25) is 0 Å². The molecule has 0 aliphatic carbocycles. The fourth-order valence-corrected chi connectivity index (χ4v) is 6.64. The average Bonchev–Trinajstić information content (AvgIpc) is 2.87. The normalized spacial score (nSPS) is 25.6. The number of sulfonamides is 2. The molecule has 0 radical (unpaired) electrons. The fourth-order valence-electron chi connectivity index (χ4n) is 4.11. The van der Waals surface area contributed by atoms with E-state index in [4.69, 9.17) is 0 Å². The van der Waals surface area contributed by atoms with E-state index in [0.717, 1.165) is 25.0 Å². The molecule has 2 N–H and O–H groups in total. The molecule has 2 unspecified atom stereocenters. The van der Waals surface area contributed by atoms with Crippen LogP contribution in [0, 0.1) is 5.82 Å². The number of halogens is 1. The zero-order valence-electron chi connectivity index (χ0n) is 15.5. The monoisotopic (exact) mass is 433 g/mol. The first-order valence-electron chi connectivity index (χ1n) is 9.09. The van der Waals surface area contributed by atoms with Crippen LogP contribution in [-0.2, 0) is 24.8 Å². The quantitative estimate of drug-likeness (QED) is 0.653. The lowest BCUT2D eigenvalue weighted by molar-refractivity contribution is -0.122. The minimum Gasteiger partial charge on any atom is -0.353 e. The molecule has 1 amide bonds. The lowest BCUT2D eigenvalue weighted by atomic mass is 9.99. The molecule has 11 heteroatoms. The maximum atomic E-state index is 13.2. The van der Waals surface area contributed by atoms with Crippen molar-refractivity contribution in [3.05, 3.63) is 30.1 Å². The number of amides is 1. The molecule has 0 aromatic heterocycles. The topological polar surface area (TPSA) is 113 Å². The smallest absolute Gasteiger partial charge is 0.240 e. The summed E-state index contributed by atoms with van der Waals surface area (Å²) in [6, 6.07) is 4.33. The van der Waals surface area contributed by atoms with Gasteiger partial charge in [-0.25, -0.2) is 25.9 Å². The second-order valence-electron chi connectivity index (χ2n) is 7.32. The maximum absolute atomic E-state index is 13.2. The maximum Gasteiger partial charge on any atom is 0.240 e. The van der Waals surface area contributed by atoms with Gasteiger partial charge in [0.1, 0.15) is 5.82 Å². The Kier molecular flexibility index (Phi) is 6.08. The van der Waals surface area contributed by atoms with Crippen LogP contribution in [-0.4, -0.2) is 58.0 Å². The predicted octanol–water partition coefficient (Wildman–Crippen LogP) is 0.565. The zero-order chi connectivity index (χ0) is 20.5. The van der Waals surface area contributed by atoms with Gasteiger partial charge in [-0.15, -0.1) is 0 Å². The van der Waals surface area contributed by atoms with Gasteiger partial charge in [0.25, 0.3) is 0 Å². The van der Waals surface area contributed by atoms with Crippen molar-refractivity contribution in [2.24, 2.45) is 0 Å². The van der Waals surface area contributed by atoms with Crippen molar-refractivity contribution in [3.63, 3.8) is 0 Å². The molecule has 2 aliphatic rings. The largest absolute Gasteiger partial charge is 0.353 e. The van der Waals surface area contributed by atoms with E-state index >= 15 is 0 Å². The van der Waals surface area contributed by atoms with Gasteiger partial charge in [0.2, 0.25) is 26.0 Å². The van der Waals surface area contributed by atoms with Crippen molar-refractivity contribution in [1.29, 1.82) is 0 Å². The fraction of sp³-hybridized carbons (Fsp3) is 0.588. The first-order chi connectivity index (χ1) is 13.1. The molecule has 2 saturated heterocycles. The van der Waals surface area contributed by atoms with E-state index in [9.17, 15) is 26.0 Å². The molecule has 2 fully saturated rings. The van der Waals surface area contributed by atoms with Gasteiger partial charge in [0.15, 0.2) is 0 Å². The molecule has 3 rings (SSSR count). The summed E-state index contributed by atoms with van der Waals surface area (Å²) in [6.07, 6.45) is 3.85. The van der Waals surface area contributed by atoms with E-state index in [1.54, 1.807) is 4.31 Å². The Labute approximate surface area is 164 Å². The molecule has 28 heavy (non-hydrogen) atoms. The second kappa shape index (κ2) is 8.05. The van der Waals surface area contributed by atoms with E-state index in [0.29, 0.717) is 12.8 Å². The molecule has 2 heterocycles. The van der Waals surface area contributed by atoms with Crippen LogP contribution >= 0.6 is 0 Å². The molecular formula is C17H24FN3O5S2. The zero-order valence-corrected chi connectivity index (χ0v) is 17.1. The Morgan fingerprint density at radius 1 is 1.18 bits per heavy atom. The predicted molar refractivity (Wildman–Crippen MR) is 101 cm³/mol. The van der Waals surface area contributed by atoms with Crippen LogP contribution in [0.3, 0.4) is 0 Å². The summed E-state index contributed by atoms with van der Waals surface area (Å²) in [4.78, 5) is 12.0. The summed E-state index contributed by atoms with van der Waals surface area (Å²) in [6.45, 7) is -0.111. The number of piperidine rings is 1. The molecule has 1 aromatic carbocycles. The number of carbonyl (C=O) groups excluding carboxylic acids is 1. The van der Waals surface area contributed by atoms with Gasteiger partial charge in [-0.1, -0.05) is 6.07 Å². The Balaban J connectivity index is 1.48. The van der Waals surface area contributed by atoms with E-state index in [1.165, 1.54) is 18.4 Å². The van der Waals surface area contributed by atoms with Gasteiger partial charge < -0.3 is 5.32 Å². The molecule has 2 atom stereocenters. The Hall–Kier alpha value is -1.56. The third-order valence-electron chi connectivity index (χ3n) is 5.16. The molecule has 1 aromatic rings. The van der Waals surface area contributed by atoms with Gasteiger partial charge in [0.05, 0.1) is 11.2 Å². The lowest BCUT2D eigenvalue weighted by Gasteiger charge is -2.37. The highest BCUT2D eigenvalue weighted by Crippen LogP contribution is 2.37. The number of nitrogens with zero attached hydrogens (tertiary/aromatic N) is 1. The minimum atomic E-state index is -3.89. The van der Waals surface area contributed by atoms with Gasteiger partial charge in [-0.05, 0) is 43.9 Å². The van der Waals surface area contributed by atoms with E-state index < -0.39 is 25.9 Å². The van der Waals surface area contributed by atoms with Gasteiger partial charge in [-0.2, -0.15) is 4.31 Å². The van der Waals surface area contributed by atoms with Crippen molar-refractivity contribution >= 4 is 26.0 Å². The van der Waals surface area contributed by atoms with Crippen molar-refractivity contribution in [3.8, 4) is 0 Å². The Morgan fingerprint density at radius 2 is 1.82 bits per heavy atom. The van der Waals surface area contributed by atoms with Crippen LogP contribution in [0.15, 0.2) is 29.2 Å².